The lowest BCUT2D eigenvalue weighted by atomic mass is 9.99. The number of fused-ring (bicyclic) bond motifs is 1. The zero-order valence-corrected chi connectivity index (χ0v) is 18.9. The predicted molar refractivity (Wildman–Crippen MR) is 123 cm³/mol. The predicted octanol–water partition coefficient (Wildman–Crippen LogP) is 2.55. The first-order valence-electron chi connectivity index (χ1n) is 10.9. The first kappa shape index (κ1) is 21.1. The molecule has 5 heterocycles. The fourth-order valence-corrected chi connectivity index (χ4v) is 4.28. The van der Waals surface area contributed by atoms with Crippen molar-refractivity contribution in [2.75, 3.05) is 25.9 Å². The number of nitrogens with one attached hydrogen (secondary N) is 1. The molecular weight excluding hydrogens is 420 g/mol. The number of rotatable bonds is 5. The number of nitrogens with two attached hydrogens (primary N) is 1. The van der Waals surface area contributed by atoms with Crippen molar-refractivity contribution in [1.29, 1.82) is 0 Å². The molecule has 1 fully saturated rings. The van der Waals surface area contributed by atoms with Gasteiger partial charge in [0.25, 0.3) is 5.91 Å². The van der Waals surface area contributed by atoms with Crippen molar-refractivity contribution < 1.29 is 9.21 Å². The standard InChI is InChI=1S/C23H26N8O2/c1-14-11-26-16-6-5-15(12-31(14)16)17-18(22-25-8-10-33-22)29-20(24)19(28-17)21(32)27-13-23(2)7-4-9-30(23)3/h5-6,8,10-12H,4,7,9,13H2,1-3H3,(H2,24,29)(H,27,32). The lowest BCUT2D eigenvalue weighted by Gasteiger charge is -2.32. The lowest BCUT2D eigenvalue weighted by Crippen LogP contribution is -2.48. The molecule has 1 saturated heterocycles. The molecule has 1 unspecified atom stereocenters. The maximum absolute atomic E-state index is 13.1. The molecule has 3 N–H and O–H groups in total. The normalized spacial score (nSPS) is 18.8. The number of amides is 1. The molecule has 0 aliphatic carbocycles. The van der Waals surface area contributed by atoms with E-state index in [1.165, 1.54) is 12.5 Å². The molecule has 1 aliphatic heterocycles. The number of likely N-dealkylation sites (N-methyl/N-ethyl adjacent to an activating group) is 1. The highest BCUT2D eigenvalue weighted by atomic mass is 16.3. The number of oxazole rings is 1. The van der Waals surface area contributed by atoms with Crippen molar-refractivity contribution in [2.24, 2.45) is 0 Å². The number of anilines is 1. The van der Waals surface area contributed by atoms with Gasteiger partial charge in [0.05, 0.1) is 6.20 Å². The number of imidazole rings is 1. The molecule has 0 radical (unpaired) electrons. The van der Waals surface area contributed by atoms with Gasteiger partial charge in [0.2, 0.25) is 5.89 Å². The van der Waals surface area contributed by atoms with Crippen LogP contribution in [0, 0.1) is 6.92 Å². The second-order valence-corrected chi connectivity index (χ2v) is 8.74. The molecule has 1 atom stereocenters. The summed E-state index contributed by atoms with van der Waals surface area (Å²) < 4.78 is 7.43. The number of hydrogen-bond donors (Lipinski definition) is 2. The average molecular weight is 447 g/mol. The van der Waals surface area contributed by atoms with Gasteiger partial charge in [-0.3, -0.25) is 9.69 Å². The van der Waals surface area contributed by atoms with Gasteiger partial charge in [-0.2, -0.15) is 0 Å². The topological polar surface area (TPSA) is 127 Å². The van der Waals surface area contributed by atoms with Gasteiger partial charge in [0.15, 0.2) is 17.2 Å². The Balaban J connectivity index is 1.55. The summed E-state index contributed by atoms with van der Waals surface area (Å²) in [5.74, 6) is -0.0606. The van der Waals surface area contributed by atoms with Crippen LogP contribution >= 0.6 is 0 Å². The summed E-state index contributed by atoms with van der Waals surface area (Å²) in [5.41, 5.74) is 9.51. The molecule has 0 spiro atoms. The second kappa shape index (κ2) is 7.96. The summed E-state index contributed by atoms with van der Waals surface area (Å²) in [6.45, 7) is 5.63. The number of likely N-dealkylation sites (tertiary alicyclic amines) is 1. The van der Waals surface area contributed by atoms with Gasteiger partial charge in [-0.05, 0) is 52.4 Å². The minimum Gasteiger partial charge on any atom is -0.443 e. The minimum absolute atomic E-state index is 0.0225. The maximum Gasteiger partial charge on any atom is 0.273 e. The first-order chi connectivity index (χ1) is 15.9. The van der Waals surface area contributed by atoms with E-state index in [1.807, 2.05) is 29.7 Å². The van der Waals surface area contributed by atoms with Gasteiger partial charge in [0, 0.05) is 35.7 Å². The highest BCUT2D eigenvalue weighted by Gasteiger charge is 2.34. The van der Waals surface area contributed by atoms with E-state index in [9.17, 15) is 4.79 Å². The van der Waals surface area contributed by atoms with Gasteiger partial charge in [0.1, 0.15) is 17.6 Å². The van der Waals surface area contributed by atoms with Crippen LogP contribution in [-0.2, 0) is 0 Å². The fraction of sp³-hybridized carbons (Fsp3) is 0.348. The van der Waals surface area contributed by atoms with Crippen molar-refractivity contribution in [3.63, 3.8) is 0 Å². The molecule has 5 rings (SSSR count). The highest BCUT2D eigenvalue weighted by Crippen LogP contribution is 2.31. The van der Waals surface area contributed by atoms with Crippen LogP contribution in [0.25, 0.3) is 28.5 Å². The summed E-state index contributed by atoms with van der Waals surface area (Å²) in [7, 11) is 2.07. The van der Waals surface area contributed by atoms with E-state index in [2.05, 4.69) is 44.1 Å². The Morgan fingerprint density at radius 1 is 1.27 bits per heavy atom. The van der Waals surface area contributed by atoms with Crippen LogP contribution in [0.15, 0.2) is 41.4 Å². The Labute approximate surface area is 190 Å². The van der Waals surface area contributed by atoms with E-state index in [1.54, 1.807) is 6.20 Å². The van der Waals surface area contributed by atoms with Crippen LogP contribution < -0.4 is 11.1 Å². The number of aromatic nitrogens is 5. The average Bonchev–Trinajstić information content (AvgIpc) is 3.54. The summed E-state index contributed by atoms with van der Waals surface area (Å²) in [4.78, 5) is 33.1. The maximum atomic E-state index is 13.1. The number of nitrogens with zero attached hydrogens (tertiary/aromatic N) is 6. The van der Waals surface area contributed by atoms with E-state index in [4.69, 9.17) is 10.2 Å². The highest BCUT2D eigenvalue weighted by molar-refractivity contribution is 5.97. The molecule has 1 amide bonds. The van der Waals surface area contributed by atoms with Crippen LogP contribution in [0.5, 0.6) is 0 Å². The molecule has 0 aromatic carbocycles. The SMILES string of the molecule is Cc1cnc2ccc(-c3nc(C(=O)NCC4(C)CCCN4C)c(N)nc3-c3ncco3)cn12. The molecular formula is C23H26N8O2. The smallest absolute Gasteiger partial charge is 0.273 e. The third-order valence-corrected chi connectivity index (χ3v) is 6.50. The summed E-state index contributed by atoms with van der Waals surface area (Å²) in [6, 6.07) is 3.76. The molecule has 0 saturated carbocycles. The molecule has 1 aliphatic rings. The van der Waals surface area contributed by atoms with E-state index in [-0.39, 0.29) is 28.8 Å². The Bertz CT molecular complexity index is 1330. The fourth-order valence-electron chi connectivity index (χ4n) is 4.28. The molecule has 170 valence electrons. The third kappa shape index (κ3) is 3.72. The zero-order chi connectivity index (χ0) is 23.2. The van der Waals surface area contributed by atoms with E-state index >= 15 is 0 Å². The minimum atomic E-state index is -0.360. The van der Waals surface area contributed by atoms with Crippen molar-refractivity contribution in [3.05, 3.63) is 48.4 Å². The number of aryl methyl sites for hydroxylation is 1. The monoisotopic (exact) mass is 446 g/mol. The Morgan fingerprint density at radius 2 is 2.12 bits per heavy atom. The van der Waals surface area contributed by atoms with Crippen LogP contribution in [0.1, 0.15) is 35.9 Å². The number of nitrogen functional groups attached to an aromatic ring is 1. The molecule has 0 bridgehead atoms. The molecule has 4 aromatic heterocycles. The van der Waals surface area contributed by atoms with E-state index < -0.39 is 0 Å². The van der Waals surface area contributed by atoms with E-state index in [0.29, 0.717) is 17.9 Å². The first-order valence-corrected chi connectivity index (χ1v) is 10.9. The van der Waals surface area contributed by atoms with Gasteiger partial charge in [-0.1, -0.05) is 0 Å². The number of carbonyl (C=O) groups excluding carboxylic acids is 1. The lowest BCUT2D eigenvalue weighted by molar-refractivity contribution is 0.0915. The third-order valence-electron chi connectivity index (χ3n) is 6.50. The second-order valence-electron chi connectivity index (χ2n) is 8.74. The summed E-state index contributed by atoms with van der Waals surface area (Å²) >= 11 is 0. The van der Waals surface area contributed by atoms with Crippen molar-refractivity contribution in [3.8, 4) is 22.8 Å². The van der Waals surface area contributed by atoms with Crippen molar-refractivity contribution in [2.45, 2.75) is 32.2 Å². The quantitative estimate of drug-likeness (QED) is 0.479. The molecule has 4 aromatic rings. The molecule has 10 nitrogen and oxygen atoms in total. The van der Waals surface area contributed by atoms with Crippen LogP contribution in [-0.4, -0.2) is 60.8 Å². The Morgan fingerprint density at radius 3 is 2.85 bits per heavy atom. The summed E-state index contributed by atoms with van der Waals surface area (Å²) in [5, 5.41) is 3.00. The van der Waals surface area contributed by atoms with Crippen LogP contribution in [0.3, 0.4) is 0 Å². The van der Waals surface area contributed by atoms with Crippen LogP contribution in [0.2, 0.25) is 0 Å². The largest absolute Gasteiger partial charge is 0.443 e. The Kier molecular flexibility index (Phi) is 5.09. The Hall–Kier alpha value is -3.79. The summed E-state index contributed by atoms with van der Waals surface area (Å²) in [6.07, 6.45) is 8.81. The van der Waals surface area contributed by atoms with Crippen molar-refractivity contribution in [1.82, 2.24) is 34.6 Å². The molecule has 33 heavy (non-hydrogen) atoms. The van der Waals surface area contributed by atoms with Gasteiger partial charge in [-0.25, -0.2) is 19.9 Å². The number of hydrogen-bond acceptors (Lipinski definition) is 8. The van der Waals surface area contributed by atoms with Gasteiger partial charge >= 0.3 is 0 Å². The van der Waals surface area contributed by atoms with Gasteiger partial charge < -0.3 is 19.9 Å². The van der Waals surface area contributed by atoms with Crippen molar-refractivity contribution >= 4 is 17.4 Å². The number of pyridine rings is 1. The molecule has 10 heteroatoms. The number of carbonyl (C=O) groups is 1. The van der Waals surface area contributed by atoms with Crippen LogP contribution in [0.4, 0.5) is 5.82 Å². The van der Waals surface area contributed by atoms with E-state index in [0.717, 1.165) is 36.3 Å². The van der Waals surface area contributed by atoms with Gasteiger partial charge in [-0.15, -0.1) is 0 Å². The zero-order valence-electron chi connectivity index (χ0n) is 18.9.